The van der Waals surface area contributed by atoms with Crippen LogP contribution in [0.5, 0.6) is 0 Å². The zero-order valence-corrected chi connectivity index (χ0v) is 6.07. The number of rotatable bonds is 3. The van der Waals surface area contributed by atoms with Crippen LogP contribution in [0.2, 0.25) is 0 Å². The highest BCUT2D eigenvalue weighted by atomic mass is 16.3. The van der Waals surface area contributed by atoms with Crippen LogP contribution in [0.15, 0.2) is 30.3 Å². The molecule has 0 aliphatic heterocycles. The second-order valence-electron chi connectivity index (χ2n) is 2.21. The quantitative estimate of drug-likeness (QED) is 0.551. The van der Waals surface area contributed by atoms with Crippen LogP contribution in [0.4, 0.5) is 5.69 Å². The van der Waals surface area contributed by atoms with Gasteiger partial charge in [0, 0.05) is 5.69 Å². The summed E-state index contributed by atoms with van der Waals surface area (Å²) in [6.07, 6.45) is -0.877. The molecule has 1 aromatic rings. The molecule has 1 aromatic carbocycles. The monoisotopic (exact) mass is 153 g/mol. The van der Waals surface area contributed by atoms with E-state index in [4.69, 9.17) is 10.2 Å². The van der Waals surface area contributed by atoms with Crippen LogP contribution in [-0.2, 0) is 0 Å². The first-order chi connectivity index (χ1) is 5.33. The zero-order valence-electron chi connectivity index (χ0n) is 6.07. The standard InChI is InChI=1S/C8H11NO2/c10-6-8(11)9-7-4-2-1-3-5-7/h1-5,8-11H,6H2. The molecule has 0 aromatic heterocycles. The molecule has 3 N–H and O–H groups in total. The van der Waals surface area contributed by atoms with Crippen molar-refractivity contribution in [1.82, 2.24) is 0 Å². The first kappa shape index (κ1) is 8.04. The van der Waals surface area contributed by atoms with E-state index in [1.54, 1.807) is 0 Å². The molecule has 0 aliphatic carbocycles. The second kappa shape index (κ2) is 3.95. The van der Waals surface area contributed by atoms with Crippen molar-refractivity contribution in [3.05, 3.63) is 30.3 Å². The van der Waals surface area contributed by atoms with Gasteiger partial charge in [-0.1, -0.05) is 18.2 Å². The summed E-state index contributed by atoms with van der Waals surface area (Å²) in [6, 6.07) is 9.23. The van der Waals surface area contributed by atoms with Gasteiger partial charge in [-0.2, -0.15) is 0 Å². The van der Waals surface area contributed by atoms with Crippen molar-refractivity contribution in [3.8, 4) is 0 Å². The normalized spacial score (nSPS) is 12.5. The van der Waals surface area contributed by atoms with Gasteiger partial charge in [0.2, 0.25) is 0 Å². The van der Waals surface area contributed by atoms with Crippen molar-refractivity contribution in [2.24, 2.45) is 0 Å². The first-order valence-electron chi connectivity index (χ1n) is 3.43. The molecular formula is C8H11NO2. The van der Waals surface area contributed by atoms with E-state index in [-0.39, 0.29) is 6.61 Å². The molecule has 1 atom stereocenters. The van der Waals surface area contributed by atoms with Gasteiger partial charge in [0.15, 0.2) is 0 Å². The Morgan fingerprint density at radius 3 is 2.45 bits per heavy atom. The summed E-state index contributed by atoms with van der Waals surface area (Å²) in [6.45, 7) is -0.283. The molecular weight excluding hydrogens is 142 g/mol. The topological polar surface area (TPSA) is 52.5 Å². The summed E-state index contributed by atoms with van der Waals surface area (Å²) < 4.78 is 0. The van der Waals surface area contributed by atoms with Crippen molar-refractivity contribution in [1.29, 1.82) is 0 Å². The average Bonchev–Trinajstić information content (AvgIpc) is 2.06. The van der Waals surface area contributed by atoms with Crippen molar-refractivity contribution in [3.63, 3.8) is 0 Å². The number of hydrogen-bond acceptors (Lipinski definition) is 3. The number of nitrogens with one attached hydrogen (secondary N) is 1. The average molecular weight is 153 g/mol. The van der Waals surface area contributed by atoms with Crippen LogP contribution in [0, 0.1) is 0 Å². The minimum Gasteiger partial charge on any atom is -0.392 e. The van der Waals surface area contributed by atoms with Crippen LogP contribution in [-0.4, -0.2) is 23.0 Å². The highest BCUT2D eigenvalue weighted by molar-refractivity contribution is 5.42. The highest BCUT2D eigenvalue weighted by Gasteiger charge is 1.98. The fraction of sp³-hybridized carbons (Fsp3) is 0.250. The van der Waals surface area contributed by atoms with Gasteiger partial charge in [-0.25, -0.2) is 0 Å². The Morgan fingerprint density at radius 1 is 1.27 bits per heavy atom. The Hall–Kier alpha value is -1.06. The lowest BCUT2D eigenvalue weighted by atomic mass is 10.3. The minimum absolute atomic E-state index is 0.283. The van der Waals surface area contributed by atoms with Crippen molar-refractivity contribution < 1.29 is 10.2 Å². The third-order valence-corrected chi connectivity index (χ3v) is 1.28. The molecule has 0 fully saturated rings. The van der Waals surface area contributed by atoms with Gasteiger partial charge in [-0.05, 0) is 12.1 Å². The van der Waals surface area contributed by atoms with E-state index < -0.39 is 6.23 Å². The maximum atomic E-state index is 8.95. The van der Waals surface area contributed by atoms with E-state index in [1.807, 2.05) is 30.3 Å². The van der Waals surface area contributed by atoms with Crippen molar-refractivity contribution in [2.75, 3.05) is 11.9 Å². The molecule has 3 heteroatoms. The fourth-order valence-electron chi connectivity index (χ4n) is 0.772. The Balaban J connectivity index is 2.51. The molecule has 0 spiro atoms. The molecule has 0 amide bonds. The third kappa shape index (κ3) is 2.57. The van der Waals surface area contributed by atoms with E-state index in [9.17, 15) is 0 Å². The maximum Gasteiger partial charge on any atom is 0.147 e. The Bertz CT molecular complexity index is 201. The SMILES string of the molecule is OCC(O)Nc1ccccc1. The predicted octanol–water partition coefficient (Wildman–Crippen LogP) is 0.409. The summed E-state index contributed by atoms with van der Waals surface area (Å²) in [4.78, 5) is 0. The smallest absolute Gasteiger partial charge is 0.147 e. The van der Waals surface area contributed by atoms with Crippen LogP contribution >= 0.6 is 0 Å². The van der Waals surface area contributed by atoms with Crippen LogP contribution in [0.1, 0.15) is 0 Å². The van der Waals surface area contributed by atoms with E-state index >= 15 is 0 Å². The number of para-hydroxylation sites is 1. The molecule has 0 saturated heterocycles. The molecule has 1 unspecified atom stereocenters. The number of aliphatic hydroxyl groups is 2. The Morgan fingerprint density at radius 2 is 1.91 bits per heavy atom. The number of aliphatic hydroxyl groups excluding tert-OH is 2. The molecule has 0 saturated carbocycles. The van der Waals surface area contributed by atoms with Crippen LogP contribution in [0.25, 0.3) is 0 Å². The van der Waals surface area contributed by atoms with Gasteiger partial charge in [0.05, 0.1) is 6.61 Å². The Kier molecular flexibility index (Phi) is 2.89. The summed E-state index contributed by atoms with van der Waals surface area (Å²) >= 11 is 0. The van der Waals surface area contributed by atoms with Crippen LogP contribution in [0.3, 0.4) is 0 Å². The van der Waals surface area contributed by atoms with Crippen LogP contribution < -0.4 is 5.32 Å². The molecule has 0 heterocycles. The third-order valence-electron chi connectivity index (χ3n) is 1.28. The lowest BCUT2D eigenvalue weighted by molar-refractivity contribution is 0.117. The van der Waals surface area contributed by atoms with Crippen molar-refractivity contribution in [2.45, 2.75) is 6.23 Å². The molecule has 0 radical (unpaired) electrons. The van der Waals surface area contributed by atoms with Gasteiger partial charge in [-0.3, -0.25) is 0 Å². The summed E-state index contributed by atoms with van der Waals surface area (Å²) in [5.74, 6) is 0. The Labute approximate surface area is 65.3 Å². The highest BCUT2D eigenvalue weighted by Crippen LogP contribution is 2.05. The molecule has 11 heavy (non-hydrogen) atoms. The van der Waals surface area contributed by atoms with Gasteiger partial charge >= 0.3 is 0 Å². The molecule has 0 aliphatic rings. The molecule has 60 valence electrons. The van der Waals surface area contributed by atoms with E-state index in [0.29, 0.717) is 0 Å². The molecule has 3 nitrogen and oxygen atoms in total. The lowest BCUT2D eigenvalue weighted by Crippen LogP contribution is -2.22. The minimum atomic E-state index is -0.877. The van der Waals surface area contributed by atoms with E-state index in [0.717, 1.165) is 5.69 Å². The summed E-state index contributed by atoms with van der Waals surface area (Å²) in [5, 5.41) is 20.1. The second-order valence-corrected chi connectivity index (χ2v) is 2.21. The number of benzene rings is 1. The summed E-state index contributed by atoms with van der Waals surface area (Å²) in [5.41, 5.74) is 0.800. The van der Waals surface area contributed by atoms with Gasteiger partial charge in [-0.15, -0.1) is 0 Å². The maximum absolute atomic E-state index is 8.95. The van der Waals surface area contributed by atoms with E-state index in [1.165, 1.54) is 0 Å². The predicted molar refractivity (Wildman–Crippen MR) is 43.2 cm³/mol. The van der Waals surface area contributed by atoms with Gasteiger partial charge in [0.1, 0.15) is 6.23 Å². The zero-order chi connectivity index (χ0) is 8.10. The summed E-state index contributed by atoms with van der Waals surface area (Å²) in [7, 11) is 0. The van der Waals surface area contributed by atoms with E-state index in [2.05, 4.69) is 5.32 Å². The lowest BCUT2D eigenvalue weighted by Gasteiger charge is -2.10. The number of anilines is 1. The fourth-order valence-corrected chi connectivity index (χ4v) is 0.772. The first-order valence-corrected chi connectivity index (χ1v) is 3.43. The largest absolute Gasteiger partial charge is 0.392 e. The van der Waals surface area contributed by atoms with Gasteiger partial charge in [0.25, 0.3) is 0 Å². The van der Waals surface area contributed by atoms with Gasteiger partial charge < -0.3 is 15.5 Å². The molecule has 0 bridgehead atoms. The van der Waals surface area contributed by atoms with Crippen molar-refractivity contribution >= 4 is 5.69 Å². The molecule has 1 rings (SSSR count). The number of hydrogen-bond donors (Lipinski definition) is 3.